The first-order valence-electron chi connectivity index (χ1n) is 7.83. The van der Waals surface area contributed by atoms with Crippen molar-refractivity contribution in [3.63, 3.8) is 0 Å². The Kier molecular flexibility index (Phi) is 3.73. The minimum absolute atomic E-state index is 0.0500. The average Bonchev–Trinajstić information content (AvgIpc) is 3.32. The molecule has 8 nitrogen and oxygen atoms in total. The molecule has 4 rings (SSSR count). The lowest BCUT2D eigenvalue weighted by Crippen LogP contribution is -2.31. The van der Waals surface area contributed by atoms with E-state index in [1.54, 1.807) is 19.5 Å². The molecule has 2 aromatic heterocycles. The molecule has 1 aliphatic heterocycles. The van der Waals surface area contributed by atoms with Crippen LogP contribution in [0, 0.1) is 0 Å². The molecule has 1 aliphatic rings. The van der Waals surface area contributed by atoms with E-state index in [0.29, 0.717) is 19.5 Å². The first-order valence-corrected chi connectivity index (χ1v) is 7.83. The summed E-state index contributed by atoms with van der Waals surface area (Å²) in [5, 5.41) is 18.5. The van der Waals surface area contributed by atoms with E-state index in [9.17, 15) is 4.79 Å². The van der Waals surface area contributed by atoms with Crippen LogP contribution in [0.4, 0.5) is 0 Å². The number of H-pyrrole nitrogens is 2. The maximum Gasteiger partial charge on any atom is 0.227 e. The Morgan fingerprint density at radius 3 is 3.04 bits per heavy atom. The largest absolute Gasteiger partial charge is 0.379 e. The number of carbonyl (C=O) groups is 1. The summed E-state index contributed by atoms with van der Waals surface area (Å²) in [7, 11) is 1.67. The second kappa shape index (κ2) is 6.04. The number of ether oxygens (including phenoxy) is 1. The Morgan fingerprint density at radius 1 is 1.33 bits per heavy atom. The SMILES string of the molecule is CO[C@@H]1CN(C(=O)Cc2ccc3[nH]ncc3c2)C[C@H]1c1cn[nH]n1. The second-order valence-corrected chi connectivity index (χ2v) is 6.04. The number of nitrogens with zero attached hydrogens (tertiary/aromatic N) is 4. The van der Waals surface area contributed by atoms with Crippen molar-refractivity contribution in [2.24, 2.45) is 0 Å². The zero-order valence-electron chi connectivity index (χ0n) is 13.3. The first-order chi connectivity index (χ1) is 11.7. The van der Waals surface area contributed by atoms with Gasteiger partial charge in [0, 0.05) is 25.6 Å². The Balaban J connectivity index is 1.48. The van der Waals surface area contributed by atoms with Crippen LogP contribution in [-0.4, -0.2) is 62.7 Å². The summed E-state index contributed by atoms with van der Waals surface area (Å²) < 4.78 is 5.54. The van der Waals surface area contributed by atoms with E-state index >= 15 is 0 Å². The molecule has 0 aliphatic carbocycles. The number of carbonyl (C=O) groups excluding carboxylic acids is 1. The molecule has 1 saturated heterocycles. The van der Waals surface area contributed by atoms with Crippen molar-refractivity contribution in [1.29, 1.82) is 0 Å². The van der Waals surface area contributed by atoms with Crippen LogP contribution < -0.4 is 0 Å². The highest BCUT2D eigenvalue weighted by molar-refractivity contribution is 5.83. The van der Waals surface area contributed by atoms with Crippen molar-refractivity contribution < 1.29 is 9.53 Å². The fraction of sp³-hybridized carbons (Fsp3) is 0.375. The summed E-state index contributed by atoms with van der Waals surface area (Å²) in [5.74, 6) is 0.139. The minimum atomic E-state index is -0.0598. The number of fused-ring (bicyclic) bond motifs is 1. The summed E-state index contributed by atoms with van der Waals surface area (Å²) in [6.07, 6.45) is 3.76. The molecule has 2 N–H and O–H groups in total. The van der Waals surface area contributed by atoms with E-state index in [1.807, 2.05) is 23.1 Å². The van der Waals surface area contributed by atoms with Gasteiger partial charge < -0.3 is 9.64 Å². The molecule has 2 atom stereocenters. The van der Waals surface area contributed by atoms with E-state index in [1.165, 1.54) is 0 Å². The number of hydrogen-bond donors (Lipinski definition) is 2. The molecule has 0 bridgehead atoms. The molecular formula is C16H18N6O2. The van der Waals surface area contributed by atoms with E-state index in [4.69, 9.17) is 4.74 Å². The van der Waals surface area contributed by atoms with Crippen LogP contribution in [0.2, 0.25) is 0 Å². The molecule has 0 saturated carbocycles. The molecule has 8 heteroatoms. The zero-order valence-corrected chi connectivity index (χ0v) is 13.3. The highest BCUT2D eigenvalue weighted by Crippen LogP contribution is 2.28. The number of rotatable bonds is 4. The second-order valence-electron chi connectivity index (χ2n) is 6.04. The lowest BCUT2D eigenvalue weighted by molar-refractivity contribution is -0.129. The van der Waals surface area contributed by atoms with Gasteiger partial charge in [0.15, 0.2) is 0 Å². The molecule has 24 heavy (non-hydrogen) atoms. The summed E-state index contributed by atoms with van der Waals surface area (Å²) in [6.45, 7) is 1.17. The summed E-state index contributed by atoms with van der Waals surface area (Å²) >= 11 is 0. The van der Waals surface area contributed by atoms with E-state index in [0.717, 1.165) is 22.2 Å². The van der Waals surface area contributed by atoms with Gasteiger partial charge in [0.2, 0.25) is 5.91 Å². The van der Waals surface area contributed by atoms with Crippen molar-refractivity contribution in [3.05, 3.63) is 41.9 Å². The third-order valence-corrected chi connectivity index (χ3v) is 4.60. The van der Waals surface area contributed by atoms with Crippen LogP contribution in [0.15, 0.2) is 30.6 Å². The Bertz CT molecular complexity index is 843. The van der Waals surface area contributed by atoms with Crippen molar-refractivity contribution in [3.8, 4) is 0 Å². The van der Waals surface area contributed by atoms with Gasteiger partial charge in [0.05, 0.1) is 42.0 Å². The van der Waals surface area contributed by atoms with Gasteiger partial charge in [-0.25, -0.2) is 0 Å². The van der Waals surface area contributed by atoms with E-state index in [-0.39, 0.29) is 17.9 Å². The molecule has 0 radical (unpaired) electrons. The number of likely N-dealkylation sites (tertiary alicyclic amines) is 1. The minimum Gasteiger partial charge on any atom is -0.379 e. The Labute approximate surface area is 138 Å². The number of aromatic nitrogens is 5. The maximum absolute atomic E-state index is 12.7. The highest BCUT2D eigenvalue weighted by atomic mass is 16.5. The monoisotopic (exact) mass is 326 g/mol. The number of amides is 1. The number of aromatic amines is 2. The number of hydrogen-bond acceptors (Lipinski definition) is 5. The predicted molar refractivity (Wildman–Crippen MR) is 86.3 cm³/mol. The maximum atomic E-state index is 12.7. The van der Waals surface area contributed by atoms with Crippen LogP contribution in [-0.2, 0) is 16.0 Å². The molecule has 0 unspecified atom stereocenters. The van der Waals surface area contributed by atoms with Crippen LogP contribution in [0.5, 0.6) is 0 Å². The molecular weight excluding hydrogens is 308 g/mol. The topological polar surface area (TPSA) is 99.8 Å². The number of methoxy groups -OCH3 is 1. The fourth-order valence-corrected chi connectivity index (χ4v) is 3.28. The molecule has 3 aromatic rings. The summed E-state index contributed by atoms with van der Waals surface area (Å²) in [4.78, 5) is 14.5. The lowest BCUT2D eigenvalue weighted by atomic mass is 10.0. The van der Waals surface area contributed by atoms with Crippen molar-refractivity contribution >= 4 is 16.8 Å². The van der Waals surface area contributed by atoms with Gasteiger partial charge >= 0.3 is 0 Å². The molecule has 3 heterocycles. The normalized spacial score (nSPS) is 20.8. The van der Waals surface area contributed by atoms with Gasteiger partial charge in [0.25, 0.3) is 0 Å². The lowest BCUT2D eigenvalue weighted by Gasteiger charge is -2.16. The van der Waals surface area contributed by atoms with Gasteiger partial charge in [-0.15, -0.1) is 0 Å². The summed E-state index contributed by atoms with van der Waals surface area (Å²) in [5.41, 5.74) is 2.78. The molecule has 124 valence electrons. The van der Waals surface area contributed by atoms with Crippen molar-refractivity contribution in [2.45, 2.75) is 18.4 Å². The Morgan fingerprint density at radius 2 is 2.25 bits per heavy atom. The quantitative estimate of drug-likeness (QED) is 0.741. The van der Waals surface area contributed by atoms with Crippen LogP contribution in [0.1, 0.15) is 17.2 Å². The fourth-order valence-electron chi connectivity index (χ4n) is 3.28. The zero-order chi connectivity index (χ0) is 16.5. The van der Waals surface area contributed by atoms with Crippen LogP contribution in [0.25, 0.3) is 10.9 Å². The van der Waals surface area contributed by atoms with Gasteiger partial charge in [-0.05, 0) is 17.7 Å². The van der Waals surface area contributed by atoms with Crippen molar-refractivity contribution in [2.75, 3.05) is 20.2 Å². The van der Waals surface area contributed by atoms with Gasteiger partial charge in [-0.1, -0.05) is 6.07 Å². The number of benzene rings is 1. The van der Waals surface area contributed by atoms with Crippen LogP contribution in [0.3, 0.4) is 0 Å². The molecule has 1 amide bonds. The number of nitrogens with one attached hydrogen (secondary N) is 2. The summed E-state index contributed by atoms with van der Waals surface area (Å²) in [6, 6.07) is 5.90. The van der Waals surface area contributed by atoms with E-state index in [2.05, 4.69) is 25.6 Å². The van der Waals surface area contributed by atoms with Gasteiger partial charge in [-0.3, -0.25) is 9.89 Å². The third-order valence-electron chi connectivity index (χ3n) is 4.60. The van der Waals surface area contributed by atoms with Crippen LogP contribution >= 0.6 is 0 Å². The molecule has 1 fully saturated rings. The van der Waals surface area contributed by atoms with Gasteiger partial charge in [0.1, 0.15) is 0 Å². The standard InChI is InChI=1S/C16H18N6O2/c1-24-15-9-22(8-12(15)14-7-18-21-20-14)16(23)5-10-2-3-13-11(4-10)6-17-19-13/h2-4,6-7,12,15H,5,8-9H2,1H3,(H,17,19)(H,18,20,21)/t12-,15+/m0/s1. The predicted octanol–water partition coefficient (Wildman–Crippen LogP) is 0.864. The first kappa shape index (κ1) is 14.8. The highest BCUT2D eigenvalue weighted by Gasteiger charge is 2.37. The van der Waals surface area contributed by atoms with Crippen molar-refractivity contribution in [1.82, 2.24) is 30.5 Å². The molecule has 1 aromatic carbocycles. The average molecular weight is 326 g/mol. The smallest absolute Gasteiger partial charge is 0.227 e. The van der Waals surface area contributed by atoms with E-state index < -0.39 is 0 Å². The molecule has 0 spiro atoms. The Hall–Kier alpha value is -2.74. The third kappa shape index (κ3) is 2.65. The van der Waals surface area contributed by atoms with Gasteiger partial charge in [-0.2, -0.15) is 20.5 Å².